The van der Waals surface area contributed by atoms with Crippen LogP contribution in [0.3, 0.4) is 0 Å². The molecule has 1 heterocycles. The number of carboxylic acids is 1. The summed E-state index contributed by atoms with van der Waals surface area (Å²) in [7, 11) is 0. The first-order chi connectivity index (χ1) is 9.09. The predicted molar refractivity (Wildman–Crippen MR) is 70.9 cm³/mol. The second kappa shape index (κ2) is 6.34. The summed E-state index contributed by atoms with van der Waals surface area (Å²) in [5.41, 5.74) is 0. The maximum absolute atomic E-state index is 12.2. The minimum Gasteiger partial charge on any atom is -0.480 e. The lowest BCUT2D eigenvalue weighted by molar-refractivity contribution is -0.146. The van der Waals surface area contributed by atoms with Crippen LogP contribution in [0.25, 0.3) is 0 Å². The van der Waals surface area contributed by atoms with Gasteiger partial charge in [0.1, 0.15) is 6.04 Å². The molecular formula is C13H23N3O3. The largest absolute Gasteiger partial charge is 0.480 e. The number of carboxylic acid groups (broad SMARTS) is 1. The van der Waals surface area contributed by atoms with Crippen molar-refractivity contribution in [3.63, 3.8) is 0 Å². The Kier molecular flexibility index (Phi) is 4.76. The first kappa shape index (κ1) is 14.3. The average molecular weight is 269 g/mol. The van der Waals surface area contributed by atoms with E-state index in [1.165, 1.54) is 12.8 Å². The highest BCUT2D eigenvalue weighted by Gasteiger charge is 2.35. The van der Waals surface area contributed by atoms with E-state index >= 15 is 0 Å². The van der Waals surface area contributed by atoms with E-state index in [9.17, 15) is 14.7 Å². The van der Waals surface area contributed by atoms with E-state index in [1.54, 1.807) is 11.8 Å². The van der Waals surface area contributed by atoms with Gasteiger partial charge >= 0.3 is 5.97 Å². The first-order valence-corrected chi connectivity index (χ1v) is 7.09. The number of nitrogens with zero attached hydrogens (tertiary/aromatic N) is 1. The molecule has 2 rings (SSSR count). The van der Waals surface area contributed by atoms with E-state index in [-0.39, 0.29) is 18.0 Å². The lowest BCUT2D eigenvalue weighted by Crippen LogP contribution is -2.61. The normalized spacial score (nSPS) is 27.1. The summed E-state index contributed by atoms with van der Waals surface area (Å²) in [4.78, 5) is 25.2. The number of hydrogen-bond acceptors (Lipinski definition) is 4. The van der Waals surface area contributed by atoms with Crippen LogP contribution in [0.4, 0.5) is 0 Å². The highest BCUT2D eigenvalue weighted by molar-refractivity contribution is 5.83. The minimum absolute atomic E-state index is 0.0416. The second-order valence-electron chi connectivity index (χ2n) is 5.46. The average Bonchev–Trinajstić information content (AvgIpc) is 2.90. The minimum atomic E-state index is -0.868. The number of rotatable bonds is 4. The van der Waals surface area contributed by atoms with Gasteiger partial charge in [-0.15, -0.1) is 0 Å². The summed E-state index contributed by atoms with van der Waals surface area (Å²) in [5, 5.41) is 15.3. The van der Waals surface area contributed by atoms with Gasteiger partial charge in [-0.1, -0.05) is 12.8 Å². The van der Waals surface area contributed by atoms with Crippen molar-refractivity contribution in [2.75, 3.05) is 19.6 Å². The third-order valence-electron chi connectivity index (χ3n) is 4.15. The van der Waals surface area contributed by atoms with Gasteiger partial charge in [0.05, 0.1) is 6.04 Å². The van der Waals surface area contributed by atoms with Crippen LogP contribution in [0, 0.1) is 0 Å². The lowest BCUT2D eigenvalue weighted by Gasteiger charge is -2.37. The zero-order valence-electron chi connectivity index (χ0n) is 11.4. The summed E-state index contributed by atoms with van der Waals surface area (Å²) in [6.07, 6.45) is 4.43. The first-order valence-electron chi connectivity index (χ1n) is 7.09. The van der Waals surface area contributed by atoms with E-state index in [1.807, 2.05) is 0 Å². The Morgan fingerprint density at radius 3 is 2.68 bits per heavy atom. The third-order valence-corrected chi connectivity index (χ3v) is 4.15. The van der Waals surface area contributed by atoms with Crippen LogP contribution in [0.1, 0.15) is 32.6 Å². The van der Waals surface area contributed by atoms with Crippen LogP contribution in [0.2, 0.25) is 0 Å². The number of piperazine rings is 1. The van der Waals surface area contributed by atoms with Crippen LogP contribution in [-0.4, -0.2) is 59.6 Å². The van der Waals surface area contributed by atoms with Crippen molar-refractivity contribution in [1.82, 2.24) is 15.5 Å². The Labute approximate surface area is 113 Å². The Morgan fingerprint density at radius 2 is 2.05 bits per heavy atom. The van der Waals surface area contributed by atoms with Crippen LogP contribution in [-0.2, 0) is 9.59 Å². The Bertz CT molecular complexity index is 342. The number of nitrogens with one attached hydrogen (secondary N) is 2. The van der Waals surface area contributed by atoms with E-state index in [0.29, 0.717) is 13.1 Å². The van der Waals surface area contributed by atoms with E-state index in [0.717, 1.165) is 19.4 Å². The number of carbonyl (C=O) groups excluding carboxylic acids is 1. The molecular weight excluding hydrogens is 246 g/mol. The summed E-state index contributed by atoms with van der Waals surface area (Å²) in [5.74, 6) is -0.909. The van der Waals surface area contributed by atoms with Gasteiger partial charge in [0, 0.05) is 25.7 Å². The summed E-state index contributed by atoms with van der Waals surface area (Å²) < 4.78 is 0. The van der Waals surface area contributed by atoms with Crippen LogP contribution < -0.4 is 10.6 Å². The number of hydrogen-bond donors (Lipinski definition) is 3. The molecule has 19 heavy (non-hydrogen) atoms. The van der Waals surface area contributed by atoms with Crippen molar-refractivity contribution in [2.45, 2.75) is 50.7 Å². The van der Waals surface area contributed by atoms with Crippen molar-refractivity contribution >= 4 is 11.9 Å². The molecule has 0 aromatic carbocycles. The molecule has 108 valence electrons. The van der Waals surface area contributed by atoms with Crippen molar-refractivity contribution in [3.8, 4) is 0 Å². The zero-order chi connectivity index (χ0) is 13.8. The molecule has 2 fully saturated rings. The Hall–Kier alpha value is -1.14. The van der Waals surface area contributed by atoms with Gasteiger partial charge < -0.3 is 15.7 Å². The van der Waals surface area contributed by atoms with Gasteiger partial charge in [-0.25, -0.2) is 0 Å². The molecule has 1 aliphatic carbocycles. The fraction of sp³-hybridized carbons (Fsp3) is 0.846. The third kappa shape index (κ3) is 3.45. The van der Waals surface area contributed by atoms with E-state index in [2.05, 4.69) is 10.6 Å². The maximum Gasteiger partial charge on any atom is 0.322 e. The van der Waals surface area contributed by atoms with Gasteiger partial charge in [-0.2, -0.15) is 0 Å². The number of aliphatic carboxylic acids is 1. The number of carbonyl (C=O) groups is 2. The molecule has 1 amide bonds. The topological polar surface area (TPSA) is 81.7 Å². The Balaban J connectivity index is 1.93. The molecule has 1 saturated heterocycles. The molecule has 0 aromatic heterocycles. The maximum atomic E-state index is 12.2. The van der Waals surface area contributed by atoms with Crippen LogP contribution >= 0.6 is 0 Å². The molecule has 0 bridgehead atoms. The van der Waals surface area contributed by atoms with Gasteiger partial charge in [-0.05, 0) is 19.8 Å². The Morgan fingerprint density at radius 1 is 1.37 bits per heavy atom. The molecule has 6 heteroatoms. The molecule has 0 spiro atoms. The highest BCUT2D eigenvalue weighted by atomic mass is 16.4. The molecule has 6 nitrogen and oxygen atoms in total. The number of amides is 1. The van der Waals surface area contributed by atoms with E-state index in [4.69, 9.17) is 0 Å². The monoisotopic (exact) mass is 269 g/mol. The molecule has 1 saturated carbocycles. The zero-order valence-corrected chi connectivity index (χ0v) is 11.4. The van der Waals surface area contributed by atoms with Crippen molar-refractivity contribution in [3.05, 3.63) is 0 Å². The van der Waals surface area contributed by atoms with Crippen molar-refractivity contribution in [1.29, 1.82) is 0 Å². The van der Waals surface area contributed by atoms with E-state index < -0.39 is 12.0 Å². The smallest absolute Gasteiger partial charge is 0.322 e. The van der Waals surface area contributed by atoms with Gasteiger partial charge in [0.2, 0.25) is 5.91 Å². The fourth-order valence-corrected chi connectivity index (χ4v) is 2.96. The molecule has 2 atom stereocenters. The molecule has 2 unspecified atom stereocenters. The SMILES string of the molecule is CC(C(=O)NC1CCCC1)N1CCNCC1C(=O)O. The van der Waals surface area contributed by atoms with Crippen LogP contribution in [0.5, 0.6) is 0 Å². The molecule has 2 aliphatic rings. The molecule has 3 N–H and O–H groups in total. The highest BCUT2D eigenvalue weighted by Crippen LogP contribution is 2.18. The summed E-state index contributed by atoms with van der Waals surface area (Å²) in [6.45, 7) is 3.52. The quantitative estimate of drug-likeness (QED) is 0.658. The standard InChI is InChI=1S/C13H23N3O3/c1-9(12(17)15-10-4-2-3-5-10)16-7-6-14-8-11(16)13(18)19/h9-11,14H,2-8H2,1H3,(H,15,17)(H,18,19). The fourth-order valence-electron chi connectivity index (χ4n) is 2.96. The van der Waals surface area contributed by atoms with Crippen LogP contribution in [0.15, 0.2) is 0 Å². The van der Waals surface area contributed by atoms with Gasteiger partial charge in [0.25, 0.3) is 0 Å². The summed E-state index contributed by atoms with van der Waals surface area (Å²) in [6, 6.07) is -0.719. The van der Waals surface area contributed by atoms with Crippen molar-refractivity contribution < 1.29 is 14.7 Å². The second-order valence-corrected chi connectivity index (χ2v) is 5.46. The van der Waals surface area contributed by atoms with Crippen molar-refractivity contribution in [2.24, 2.45) is 0 Å². The molecule has 1 aliphatic heterocycles. The van der Waals surface area contributed by atoms with Gasteiger partial charge in [0.15, 0.2) is 0 Å². The summed E-state index contributed by atoms with van der Waals surface area (Å²) >= 11 is 0. The molecule has 0 aromatic rings. The molecule has 0 radical (unpaired) electrons. The lowest BCUT2D eigenvalue weighted by atomic mass is 10.1. The van der Waals surface area contributed by atoms with Gasteiger partial charge in [-0.3, -0.25) is 14.5 Å². The predicted octanol–water partition coefficient (Wildman–Crippen LogP) is -0.208.